The zero-order valence-electron chi connectivity index (χ0n) is 50.4. The molecule has 11 heteroatoms. The van der Waals surface area contributed by atoms with Crippen LogP contribution in [0.4, 0.5) is 0 Å². The van der Waals surface area contributed by atoms with Crippen LogP contribution in [0, 0.1) is 5.41 Å². The summed E-state index contributed by atoms with van der Waals surface area (Å²) >= 11 is 8.35. The number of fused-ring (bicyclic) bond motifs is 3. The van der Waals surface area contributed by atoms with Gasteiger partial charge >= 0.3 is 17.9 Å². The summed E-state index contributed by atoms with van der Waals surface area (Å²) in [6.07, 6.45) is 53.0. The molecular formula is C65H123NO6S4. The third kappa shape index (κ3) is 40.9. The molecule has 0 saturated carbocycles. The minimum absolute atomic E-state index is 0.0163. The summed E-state index contributed by atoms with van der Waals surface area (Å²) in [5.41, 5.74) is -0.250. The third-order valence-corrected chi connectivity index (χ3v) is 22.3. The molecule has 3 aliphatic rings. The molecule has 2 bridgehead atoms. The second-order valence-corrected chi connectivity index (χ2v) is 29.0. The van der Waals surface area contributed by atoms with Crippen LogP contribution in [0.15, 0.2) is 0 Å². The predicted octanol–water partition coefficient (Wildman–Crippen LogP) is 20.5. The van der Waals surface area contributed by atoms with Gasteiger partial charge in [0.25, 0.3) is 0 Å². The number of esters is 3. The molecule has 3 saturated heterocycles. The van der Waals surface area contributed by atoms with Crippen LogP contribution in [-0.4, -0.2) is 93.9 Å². The highest BCUT2D eigenvalue weighted by Crippen LogP contribution is 2.42. The van der Waals surface area contributed by atoms with E-state index < -0.39 is 0 Å². The second-order valence-electron chi connectivity index (χ2n) is 23.2. The molecule has 3 heterocycles. The molecule has 0 aromatic heterocycles. The average molecular weight is 1140 g/mol. The summed E-state index contributed by atoms with van der Waals surface area (Å²) < 4.78 is 18.9. The van der Waals surface area contributed by atoms with Crippen LogP contribution in [0.5, 0.6) is 0 Å². The second kappa shape index (κ2) is 52.8. The van der Waals surface area contributed by atoms with Crippen molar-refractivity contribution in [2.45, 2.75) is 332 Å². The van der Waals surface area contributed by atoms with E-state index >= 15 is 0 Å². The van der Waals surface area contributed by atoms with Crippen molar-refractivity contribution in [3.63, 3.8) is 0 Å². The fourth-order valence-corrected chi connectivity index (χ4v) is 16.4. The Morgan fingerprint density at radius 1 is 0.382 bits per heavy atom. The average Bonchev–Trinajstić information content (AvgIpc) is 3.43. The molecule has 0 spiro atoms. The highest BCUT2D eigenvalue weighted by Gasteiger charge is 2.47. The Labute approximate surface area is 488 Å². The van der Waals surface area contributed by atoms with Crippen LogP contribution in [0.3, 0.4) is 0 Å². The van der Waals surface area contributed by atoms with Gasteiger partial charge in [-0.05, 0) is 139 Å². The zero-order chi connectivity index (χ0) is 54.7. The molecule has 0 radical (unpaired) electrons. The van der Waals surface area contributed by atoms with Gasteiger partial charge in [0, 0.05) is 12.8 Å². The monoisotopic (exact) mass is 1140 g/mol. The van der Waals surface area contributed by atoms with E-state index in [1.54, 1.807) is 0 Å². The van der Waals surface area contributed by atoms with E-state index in [-0.39, 0.29) is 29.4 Å². The lowest BCUT2D eigenvalue weighted by Crippen LogP contribution is -2.52. The van der Waals surface area contributed by atoms with Crippen LogP contribution in [0.2, 0.25) is 0 Å². The van der Waals surface area contributed by atoms with E-state index in [0.717, 1.165) is 129 Å². The minimum Gasteiger partial charge on any atom is -0.466 e. The Morgan fingerprint density at radius 2 is 0.671 bits per heavy atom. The molecule has 0 unspecified atom stereocenters. The fourth-order valence-electron chi connectivity index (χ4n) is 10.8. The Hall–Kier alpha value is -0.230. The van der Waals surface area contributed by atoms with Gasteiger partial charge in [-0.3, -0.25) is 14.4 Å². The summed E-state index contributed by atoms with van der Waals surface area (Å²) in [4.78, 5) is 41.8. The molecule has 0 amide bonds. The summed E-state index contributed by atoms with van der Waals surface area (Å²) in [7, 11) is 0. The zero-order valence-corrected chi connectivity index (χ0v) is 53.7. The van der Waals surface area contributed by atoms with Crippen LogP contribution in [0.25, 0.3) is 0 Å². The summed E-state index contributed by atoms with van der Waals surface area (Å²) in [6.45, 7) is 13.3. The first-order valence-corrected chi connectivity index (χ1v) is 37.3. The molecule has 0 aromatic carbocycles. The number of rotatable bonds is 58. The third-order valence-electron chi connectivity index (χ3n) is 16.2. The van der Waals surface area contributed by atoms with E-state index in [4.69, 9.17) is 14.2 Å². The number of ether oxygens (including phenoxy) is 3. The van der Waals surface area contributed by atoms with E-state index in [2.05, 4.69) is 79.6 Å². The number of piperidine rings is 3. The van der Waals surface area contributed by atoms with E-state index in [9.17, 15) is 14.4 Å². The maximum Gasteiger partial charge on any atom is 0.312 e. The minimum atomic E-state index is -0.250. The molecule has 7 nitrogen and oxygen atoms in total. The molecule has 3 aliphatic heterocycles. The number of unbranched alkanes of at least 4 members (excludes halogenated alkanes) is 30. The van der Waals surface area contributed by atoms with Crippen molar-refractivity contribution >= 4 is 65.0 Å². The maximum absolute atomic E-state index is 13.7. The number of hydrogen-bond acceptors (Lipinski definition) is 11. The molecule has 3 fully saturated rings. The van der Waals surface area contributed by atoms with Gasteiger partial charge in [0.2, 0.25) is 0 Å². The first-order valence-electron chi connectivity index (χ1n) is 33.1. The van der Waals surface area contributed by atoms with Crippen LogP contribution < -0.4 is 0 Å². The van der Waals surface area contributed by atoms with Crippen molar-refractivity contribution in [2.24, 2.45) is 5.41 Å². The van der Waals surface area contributed by atoms with Crippen LogP contribution >= 0.6 is 47.0 Å². The molecule has 0 aliphatic carbocycles. The first-order chi connectivity index (χ1) is 37.4. The molecule has 0 aromatic rings. The topological polar surface area (TPSA) is 82.1 Å². The van der Waals surface area contributed by atoms with Crippen molar-refractivity contribution in [2.75, 3.05) is 55.9 Å². The lowest BCUT2D eigenvalue weighted by atomic mass is 9.72. The Bertz CT molecular complexity index is 1190. The Kier molecular flexibility index (Phi) is 50.0. The number of hydrogen-bond donors (Lipinski definition) is 0. The summed E-state index contributed by atoms with van der Waals surface area (Å²) in [5, 5.41) is 0. The van der Waals surface area contributed by atoms with Crippen molar-refractivity contribution in [3.8, 4) is 0 Å². The quantitative estimate of drug-likeness (QED) is 0.0253. The molecule has 0 atom stereocenters. The van der Waals surface area contributed by atoms with E-state index in [1.807, 2.05) is 0 Å². The molecule has 0 N–H and O–H groups in total. The van der Waals surface area contributed by atoms with E-state index in [1.165, 1.54) is 190 Å². The lowest BCUT2D eigenvalue weighted by molar-refractivity contribution is -0.170. The number of thioether (sulfide) groups is 4. The van der Waals surface area contributed by atoms with Gasteiger partial charge in [-0.25, -0.2) is 0 Å². The Morgan fingerprint density at radius 3 is 1.00 bits per heavy atom. The molecule has 3 rings (SSSR count). The largest absolute Gasteiger partial charge is 0.466 e. The van der Waals surface area contributed by atoms with Crippen molar-refractivity contribution < 1.29 is 28.6 Å². The SMILES string of the molecule is CCCCCCCCSC(CCC(=O)OCCCCCCCCC(CCCCCCCCOC(=O)CCC(SCCCCCCCC)SCCCCCCCC)OC(=O)C12CCN(CC1)CC2)SCCCCCCCC. The van der Waals surface area contributed by atoms with Gasteiger partial charge in [-0.2, -0.15) is 0 Å². The Balaban J connectivity index is 1.63. The van der Waals surface area contributed by atoms with Gasteiger partial charge < -0.3 is 19.1 Å². The fraction of sp³-hybridized carbons (Fsp3) is 0.954. The summed E-state index contributed by atoms with van der Waals surface area (Å²) in [5.74, 6) is 4.90. The molecule has 76 heavy (non-hydrogen) atoms. The standard InChI is InChI=1S/C65H123NO6S4/c1-5-9-13-17-29-37-55-73-62(74-56-38-30-18-14-10-6-2)45-43-60(67)70-53-35-27-23-21-25-33-41-59(72-64(69)65-47-50-66(51-48-65)52-49-65)42-34-26-22-24-28-36-54-71-61(68)44-46-63(75-57-39-31-19-15-11-7-3)76-58-40-32-20-16-12-8-4/h59,62-63H,5-58H2,1-4H3. The van der Waals surface area contributed by atoms with Gasteiger partial charge in [0.15, 0.2) is 0 Å². The molecule has 448 valence electrons. The summed E-state index contributed by atoms with van der Waals surface area (Å²) in [6, 6.07) is 0. The van der Waals surface area contributed by atoms with Crippen molar-refractivity contribution in [3.05, 3.63) is 0 Å². The maximum atomic E-state index is 13.7. The van der Waals surface area contributed by atoms with Crippen LogP contribution in [0.1, 0.15) is 317 Å². The number of nitrogens with zero attached hydrogens (tertiary/aromatic N) is 1. The normalized spacial score (nSPS) is 16.4. The van der Waals surface area contributed by atoms with Gasteiger partial charge in [0.1, 0.15) is 6.10 Å². The highest BCUT2D eigenvalue weighted by molar-refractivity contribution is 8.17. The predicted molar refractivity (Wildman–Crippen MR) is 339 cm³/mol. The number of carbonyl (C=O) groups is 3. The highest BCUT2D eigenvalue weighted by atomic mass is 32.2. The number of carbonyl (C=O) groups excluding carboxylic acids is 3. The smallest absolute Gasteiger partial charge is 0.312 e. The van der Waals surface area contributed by atoms with Crippen molar-refractivity contribution in [1.82, 2.24) is 4.90 Å². The lowest BCUT2D eigenvalue weighted by Gasteiger charge is -2.46. The molecular weight excluding hydrogens is 1020 g/mol. The first kappa shape index (κ1) is 71.9. The van der Waals surface area contributed by atoms with Crippen molar-refractivity contribution in [1.29, 1.82) is 0 Å². The van der Waals surface area contributed by atoms with Gasteiger partial charge in [-0.1, -0.05) is 207 Å². The van der Waals surface area contributed by atoms with Crippen LogP contribution in [-0.2, 0) is 28.6 Å². The van der Waals surface area contributed by atoms with E-state index in [0.29, 0.717) is 35.2 Å². The van der Waals surface area contributed by atoms with Gasteiger partial charge in [-0.15, -0.1) is 47.0 Å². The van der Waals surface area contributed by atoms with Gasteiger partial charge in [0.05, 0.1) is 27.8 Å².